The summed E-state index contributed by atoms with van der Waals surface area (Å²) in [4.78, 5) is 16.2. The maximum Gasteiger partial charge on any atom is 0.204 e. The number of nitrogens with zero attached hydrogens (tertiary/aromatic N) is 2. The van der Waals surface area contributed by atoms with Gasteiger partial charge in [0, 0.05) is 6.92 Å². The lowest BCUT2D eigenvalue weighted by molar-refractivity contribution is 0.102. The van der Waals surface area contributed by atoms with Gasteiger partial charge in [-0.3, -0.25) is 10.2 Å². The van der Waals surface area contributed by atoms with E-state index in [1.54, 1.807) is 13.3 Å². The molecule has 20 heavy (non-hydrogen) atoms. The van der Waals surface area contributed by atoms with Crippen molar-refractivity contribution in [3.05, 3.63) is 40.4 Å². The van der Waals surface area contributed by atoms with Crippen LogP contribution in [0.5, 0.6) is 5.75 Å². The number of aromatic nitrogens is 1. The quantitative estimate of drug-likeness (QED) is 0.522. The van der Waals surface area contributed by atoms with E-state index in [-0.39, 0.29) is 5.78 Å². The van der Waals surface area contributed by atoms with Crippen LogP contribution in [-0.2, 0) is 0 Å². The van der Waals surface area contributed by atoms with Gasteiger partial charge in [-0.1, -0.05) is 23.5 Å². The van der Waals surface area contributed by atoms with E-state index in [0.717, 1.165) is 17.0 Å². The number of ketones is 1. The minimum absolute atomic E-state index is 0.0184. The summed E-state index contributed by atoms with van der Waals surface area (Å²) in [7, 11) is 1.62. The third-order valence-corrected chi connectivity index (χ3v) is 3.75. The van der Waals surface area contributed by atoms with Gasteiger partial charge in [-0.15, -0.1) is 0 Å². The zero-order chi connectivity index (χ0) is 14.5. The molecule has 0 unspecified atom stereocenters. The number of benzene rings is 1. The Kier molecular flexibility index (Phi) is 4.47. The Balaban J connectivity index is 2.06. The van der Waals surface area contributed by atoms with Crippen LogP contribution in [0.4, 0.5) is 5.13 Å². The Morgan fingerprint density at radius 1 is 1.50 bits per heavy atom. The largest absolute Gasteiger partial charge is 0.497 e. The Bertz CT molecular complexity index is 650. The van der Waals surface area contributed by atoms with E-state index in [4.69, 9.17) is 4.74 Å². The van der Waals surface area contributed by atoms with Gasteiger partial charge in [-0.05, 0) is 24.6 Å². The molecule has 0 spiro atoms. The Labute approximate surface area is 121 Å². The predicted molar refractivity (Wildman–Crippen MR) is 81.1 cm³/mol. The molecule has 0 bridgehead atoms. The molecule has 6 heteroatoms. The number of anilines is 1. The molecule has 0 atom stereocenters. The van der Waals surface area contributed by atoms with Crippen molar-refractivity contribution in [3.63, 3.8) is 0 Å². The van der Waals surface area contributed by atoms with Crippen LogP contribution in [-0.4, -0.2) is 24.1 Å². The normalized spacial score (nSPS) is 10.8. The third-order valence-electron chi connectivity index (χ3n) is 2.58. The summed E-state index contributed by atoms with van der Waals surface area (Å²) in [6.07, 6.45) is 1.67. The van der Waals surface area contributed by atoms with Crippen LogP contribution < -0.4 is 10.2 Å². The number of hydrazone groups is 1. The van der Waals surface area contributed by atoms with E-state index >= 15 is 0 Å². The molecule has 5 nitrogen and oxygen atoms in total. The highest BCUT2D eigenvalue weighted by Gasteiger charge is 2.10. The highest BCUT2D eigenvalue weighted by Crippen LogP contribution is 2.22. The predicted octanol–water partition coefficient (Wildman–Crippen LogP) is 3.11. The molecule has 0 saturated carbocycles. The number of ether oxygens (including phenoxy) is 1. The summed E-state index contributed by atoms with van der Waals surface area (Å²) in [5.41, 5.74) is 4.47. The number of methoxy groups -OCH3 is 1. The zero-order valence-electron chi connectivity index (χ0n) is 11.5. The highest BCUT2D eigenvalue weighted by atomic mass is 32.1. The minimum Gasteiger partial charge on any atom is -0.497 e. The first-order valence-corrected chi connectivity index (χ1v) is 6.83. The Morgan fingerprint density at radius 2 is 2.30 bits per heavy atom. The molecule has 2 aromatic rings. The number of carbonyl (C=O) groups is 1. The SMILES string of the molecule is COc1cccc(/C=N/Nc2nc(C)c(C(C)=O)s2)c1. The molecule has 0 aliphatic heterocycles. The maximum atomic E-state index is 11.3. The molecule has 1 N–H and O–H groups in total. The molecule has 0 aliphatic carbocycles. The number of nitrogens with one attached hydrogen (secondary N) is 1. The van der Waals surface area contributed by atoms with Gasteiger partial charge in [0.1, 0.15) is 5.75 Å². The second kappa shape index (κ2) is 6.29. The summed E-state index contributed by atoms with van der Waals surface area (Å²) in [6, 6.07) is 7.55. The fourth-order valence-corrected chi connectivity index (χ4v) is 2.47. The lowest BCUT2D eigenvalue weighted by Crippen LogP contribution is -1.91. The monoisotopic (exact) mass is 289 g/mol. The molecule has 0 fully saturated rings. The second-order valence-electron chi connectivity index (χ2n) is 4.14. The van der Waals surface area contributed by atoms with Crippen molar-refractivity contribution < 1.29 is 9.53 Å². The average Bonchev–Trinajstić information content (AvgIpc) is 2.80. The average molecular weight is 289 g/mol. The van der Waals surface area contributed by atoms with Crippen molar-refractivity contribution in [1.29, 1.82) is 0 Å². The molecule has 2 rings (SSSR count). The number of aryl methyl sites for hydroxylation is 1. The van der Waals surface area contributed by atoms with E-state index in [1.165, 1.54) is 18.3 Å². The van der Waals surface area contributed by atoms with Crippen LogP contribution in [0.25, 0.3) is 0 Å². The fraction of sp³-hybridized carbons (Fsp3) is 0.214. The standard InChI is InChI=1S/C14H15N3O2S/c1-9-13(10(2)18)20-14(16-9)17-15-8-11-5-4-6-12(7-11)19-3/h4-8H,1-3H3,(H,16,17)/b15-8+. The summed E-state index contributed by atoms with van der Waals surface area (Å²) in [5.74, 6) is 0.794. The van der Waals surface area contributed by atoms with E-state index < -0.39 is 0 Å². The van der Waals surface area contributed by atoms with Crippen molar-refractivity contribution >= 4 is 28.5 Å². The third kappa shape index (κ3) is 3.42. The van der Waals surface area contributed by atoms with Gasteiger partial charge in [0.15, 0.2) is 5.78 Å². The number of rotatable bonds is 5. The minimum atomic E-state index is 0.0184. The van der Waals surface area contributed by atoms with Gasteiger partial charge in [-0.25, -0.2) is 4.98 Å². The fourth-order valence-electron chi connectivity index (χ4n) is 1.65. The number of hydrogen-bond donors (Lipinski definition) is 1. The van der Waals surface area contributed by atoms with Crippen molar-refractivity contribution in [2.75, 3.05) is 12.5 Å². The number of carbonyl (C=O) groups excluding carboxylic acids is 1. The molecule has 0 saturated heterocycles. The number of hydrogen-bond acceptors (Lipinski definition) is 6. The molecule has 0 aliphatic rings. The van der Waals surface area contributed by atoms with E-state index in [0.29, 0.717) is 10.0 Å². The van der Waals surface area contributed by atoms with Crippen LogP contribution in [0.2, 0.25) is 0 Å². The van der Waals surface area contributed by atoms with Gasteiger partial charge in [0.2, 0.25) is 5.13 Å². The van der Waals surface area contributed by atoms with Crippen molar-refractivity contribution in [2.24, 2.45) is 5.10 Å². The molecular formula is C14H15N3O2S. The summed E-state index contributed by atoms with van der Waals surface area (Å²) < 4.78 is 5.14. The first kappa shape index (κ1) is 14.2. The summed E-state index contributed by atoms with van der Waals surface area (Å²) in [5, 5.41) is 4.71. The van der Waals surface area contributed by atoms with Crippen LogP contribution in [0.15, 0.2) is 29.4 Å². The first-order chi connectivity index (χ1) is 9.60. The van der Waals surface area contributed by atoms with E-state index in [1.807, 2.05) is 31.2 Å². The van der Waals surface area contributed by atoms with Gasteiger partial charge in [-0.2, -0.15) is 5.10 Å². The Morgan fingerprint density at radius 3 is 2.95 bits per heavy atom. The smallest absolute Gasteiger partial charge is 0.204 e. The molecule has 1 heterocycles. The Hall–Kier alpha value is -2.21. The zero-order valence-corrected chi connectivity index (χ0v) is 12.3. The van der Waals surface area contributed by atoms with Crippen molar-refractivity contribution in [2.45, 2.75) is 13.8 Å². The lowest BCUT2D eigenvalue weighted by Gasteiger charge is -1.99. The van der Waals surface area contributed by atoms with Gasteiger partial charge in [0.05, 0.1) is 23.9 Å². The van der Waals surface area contributed by atoms with Gasteiger partial charge in [0.25, 0.3) is 0 Å². The highest BCUT2D eigenvalue weighted by molar-refractivity contribution is 7.17. The molecule has 1 aromatic heterocycles. The molecular weight excluding hydrogens is 274 g/mol. The molecule has 1 aromatic carbocycles. The number of Topliss-reactive ketones (excluding diaryl/α,β-unsaturated/α-hetero) is 1. The van der Waals surface area contributed by atoms with Crippen molar-refractivity contribution in [3.8, 4) is 5.75 Å². The maximum absolute atomic E-state index is 11.3. The summed E-state index contributed by atoms with van der Waals surface area (Å²) in [6.45, 7) is 3.34. The van der Waals surface area contributed by atoms with E-state index in [9.17, 15) is 4.79 Å². The van der Waals surface area contributed by atoms with Crippen LogP contribution in [0.1, 0.15) is 27.9 Å². The molecule has 0 radical (unpaired) electrons. The van der Waals surface area contributed by atoms with Crippen LogP contribution in [0, 0.1) is 6.92 Å². The first-order valence-electron chi connectivity index (χ1n) is 6.01. The summed E-state index contributed by atoms with van der Waals surface area (Å²) >= 11 is 1.30. The number of thiazole rings is 1. The van der Waals surface area contributed by atoms with Crippen LogP contribution in [0.3, 0.4) is 0 Å². The van der Waals surface area contributed by atoms with Gasteiger partial charge >= 0.3 is 0 Å². The van der Waals surface area contributed by atoms with Crippen LogP contribution >= 0.6 is 11.3 Å². The van der Waals surface area contributed by atoms with Gasteiger partial charge < -0.3 is 4.74 Å². The lowest BCUT2D eigenvalue weighted by atomic mass is 10.2. The molecule has 104 valence electrons. The molecule has 0 amide bonds. The topological polar surface area (TPSA) is 63.6 Å². The second-order valence-corrected chi connectivity index (χ2v) is 5.14. The van der Waals surface area contributed by atoms with Crippen molar-refractivity contribution in [1.82, 2.24) is 4.98 Å². The van der Waals surface area contributed by atoms with E-state index in [2.05, 4.69) is 15.5 Å².